The summed E-state index contributed by atoms with van der Waals surface area (Å²) in [5.74, 6) is -0.623. The Kier molecular flexibility index (Phi) is 5.97. The number of hydrogen-bond acceptors (Lipinski definition) is 10. The van der Waals surface area contributed by atoms with E-state index < -0.39 is 50.5 Å². The van der Waals surface area contributed by atoms with Gasteiger partial charge in [-0.1, -0.05) is 4.98 Å². The number of aromatic amines is 1. The maximum Gasteiger partial charge on any atom is 0.477 e. The van der Waals surface area contributed by atoms with Gasteiger partial charge in [0, 0.05) is 5.75 Å². The topological polar surface area (TPSA) is 234 Å². The zero-order valence-corrected chi connectivity index (χ0v) is 17.2. The average Bonchev–Trinajstić information content (AvgIpc) is 3.01. The summed E-state index contributed by atoms with van der Waals surface area (Å²) in [4.78, 5) is 45.2. The molecule has 1 fully saturated rings. The minimum atomic E-state index is -5.22. The maximum absolute atomic E-state index is 12.1. The highest BCUT2D eigenvalue weighted by Crippen LogP contribution is 2.65. The van der Waals surface area contributed by atoms with Crippen molar-refractivity contribution in [1.82, 2.24) is 14.5 Å². The van der Waals surface area contributed by atoms with Gasteiger partial charge in [0.15, 0.2) is 6.33 Å². The van der Waals surface area contributed by atoms with E-state index in [2.05, 4.69) is 14.3 Å². The number of nitrogens with two attached hydrogens (primary N) is 1. The van der Waals surface area contributed by atoms with Gasteiger partial charge in [0.05, 0.1) is 13.2 Å². The molecular formula is C11H18N5O10P2S+. The van der Waals surface area contributed by atoms with Crippen LogP contribution in [0.25, 0.3) is 11.2 Å². The number of fused-ring (bicyclic) bond motifs is 1. The van der Waals surface area contributed by atoms with Gasteiger partial charge < -0.3 is 35.4 Å². The molecule has 0 spiro atoms. The van der Waals surface area contributed by atoms with Crippen molar-refractivity contribution in [2.45, 2.75) is 24.5 Å². The van der Waals surface area contributed by atoms with Gasteiger partial charge in [-0.15, -0.1) is 0 Å². The minimum absolute atomic E-state index is 0.0657. The van der Waals surface area contributed by atoms with Crippen molar-refractivity contribution in [1.29, 1.82) is 0 Å². The van der Waals surface area contributed by atoms with Crippen LogP contribution in [0.2, 0.25) is 0 Å². The number of nitrogen functional groups attached to an aromatic ring is 1. The lowest BCUT2D eigenvalue weighted by molar-refractivity contribution is -0.745. The molecule has 1 saturated heterocycles. The molecule has 2 unspecified atom stereocenters. The Morgan fingerprint density at radius 3 is 2.66 bits per heavy atom. The quantitative estimate of drug-likeness (QED) is 0.172. The number of phosphoric acid groups is 1. The molecule has 1 aliphatic heterocycles. The molecule has 15 nitrogen and oxygen atoms in total. The van der Waals surface area contributed by atoms with Gasteiger partial charge in [0.2, 0.25) is 11.7 Å². The van der Waals surface area contributed by atoms with Crippen LogP contribution >= 0.6 is 26.0 Å². The Hall–Kier alpha value is -1.32. The predicted octanol–water partition coefficient (Wildman–Crippen LogP) is -2.31. The maximum atomic E-state index is 12.1. The van der Waals surface area contributed by atoms with E-state index in [1.807, 2.05) is 0 Å². The van der Waals surface area contributed by atoms with Crippen LogP contribution in [0.1, 0.15) is 6.23 Å². The number of ether oxygens (including phenoxy) is 1. The average molecular weight is 474 g/mol. The molecule has 0 radical (unpaired) electrons. The van der Waals surface area contributed by atoms with E-state index in [1.54, 1.807) is 7.05 Å². The molecule has 8 N–H and O–H groups in total. The summed E-state index contributed by atoms with van der Waals surface area (Å²) in [5, 5.41) is 20.6. The molecule has 5 atom stereocenters. The molecule has 0 amide bonds. The number of aliphatic hydroxyl groups is 2. The van der Waals surface area contributed by atoms with Crippen molar-refractivity contribution >= 4 is 43.1 Å². The highest BCUT2D eigenvalue weighted by atomic mass is 32.7. The number of anilines is 1. The summed E-state index contributed by atoms with van der Waals surface area (Å²) in [5.41, 5.74) is 5.21. The standard InChI is InChI=1S/C11H17N5O10P2S/c1-15-3-16(8-5(15)9(19)14-11(12)13-8)10-7(18)6(17)4(25-10)2-29-28(23,24)26-27(20,21)22/h3-4,6-7,10,17-18H,2H2,1H3,(H5-,12,13,14,19,20,21,22,23,24)/p+1/t4-,6?,7+,10-/m1/s1. The van der Waals surface area contributed by atoms with Crippen LogP contribution in [0.4, 0.5) is 5.95 Å². The van der Waals surface area contributed by atoms with Crippen LogP contribution in [0.15, 0.2) is 11.1 Å². The van der Waals surface area contributed by atoms with Crippen LogP contribution in [0.5, 0.6) is 0 Å². The first-order valence-electron chi connectivity index (χ1n) is 7.81. The van der Waals surface area contributed by atoms with Crippen LogP contribution in [-0.2, 0) is 25.2 Å². The number of aromatic nitrogens is 4. The van der Waals surface area contributed by atoms with Gasteiger partial charge in [-0.25, -0.2) is 13.7 Å². The molecule has 18 heteroatoms. The first-order chi connectivity index (χ1) is 13.3. The summed E-state index contributed by atoms with van der Waals surface area (Å²) in [6.45, 7) is -4.76. The SMILES string of the molecule is Cn1c[n+]([C@@H]2O[C@H](CSP(=O)(O)OP(=O)(O)O)C(O)[C@@H]2O)c2nc(N)[nH]c(=O)c21. The molecule has 0 bridgehead atoms. The summed E-state index contributed by atoms with van der Waals surface area (Å²) in [6, 6.07) is 0. The van der Waals surface area contributed by atoms with Gasteiger partial charge in [0.25, 0.3) is 11.5 Å². The van der Waals surface area contributed by atoms with E-state index in [9.17, 15) is 29.0 Å². The number of aliphatic hydroxyl groups excluding tert-OH is 2. The third-order valence-electron chi connectivity index (χ3n) is 4.01. The smallest absolute Gasteiger partial charge is 0.387 e. The van der Waals surface area contributed by atoms with Crippen LogP contribution in [0, 0.1) is 0 Å². The predicted molar refractivity (Wildman–Crippen MR) is 97.3 cm³/mol. The lowest BCUT2D eigenvalue weighted by atomic mass is 10.1. The molecule has 0 saturated carbocycles. The molecule has 3 rings (SSSR count). The van der Waals surface area contributed by atoms with Crippen LogP contribution in [-0.4, -0.2) is 63.5 Å². The molecular weight excluding hydrogens is 456 g/mol. The molecule has 0 aliphatic carbocycles. The highest BCUT2D eigenvalue weighted by molar-refractivity contribution is 8.55. The lowest BCUT2D eigenvalue weighted by Gasteiger charge is -2.16. The molecule has 2 aromatic rings. The second-order valence-corrected chi connectivity index (χ2v) is 11.5. The Balaban J connectivity index is 1.84. The second kappa shape index (κ2) is 7.74. The Morgan fingerprint density at radius 1 is 1.38 bits per heavy atom. The van der Waals surface area contributed by atoms with Gasteiger partial charge in [-0.05, 0) is 11.4 Å². The van der Waals surface area contributed by atoms with Gasteiger partial charge in [0.1, 0.15) is 12.2 Å². The molecule has 3 heterocycles. The second-order valence-electron chi connectivity index (χ2n) is 6.14. The van der Waals surface area contributed by atoms with Gasteiger partial charge in [-0.2, -0.15) is 4.31 Å². The fourth-order valence-corrected chi connectivity index (χ4v) is 6.96. The van der Waals surface area contributed by atoms with E-state index in [0.29, 0.717) is 0 Å². The van der Waals surface area contributed by atoms with Crippen molar-refractivity contribution in [3.63, 3.8) is 0 Å². The van der Waals surface area contributed by atoms with E-state index in [0.717, 1.165) is 0 Å². The molecule has 0 aromatic carbocycles. The summed E-state index contributed by atoms with van der Waals surface area (Å²) in [6.07, 6.45) is -4.09. The first-order valence-corrected chi connectivity index (χ1v) is 12.5. The van der Waals surface area contributed by atoms with Crippen LogP contribution < -0.4 is 15.9 Å². The molecule has 29 heavy (non-hydrogen) atoms. The fourth-order valence-electron chi connectivity index (χ4n) is 2.88. The van der Waals surface area contributed by atoms with E-state index in [4.69, 9.17) is 20.3 Å². The first kappa shape index (κ1) is 22.4. The number of aryl methyl sites for hydroxylation is 1. The number of H-pyrrole nitrogens is 1. The number of imidazole rings is 1. The van der Waals surface area contributed by atoms with Crippen molar-refractivity contribution in [2.75, 3.05) is 11.5 Å². The lowest BCUT2D eigenvalue weighted by Crippen LogP contribution is -2.46. The summed E-state index contributed by atoms with van der Waals surface area (Å²) < 4.78 is 34.5. The third-order valence-corrected chi connectivity index (χ3v) is 8.52. The monoisotopic (exact) mass is 474 g/mol. The highest BCUT2D eigenvalue weighted by Gasteiger charge is 2.48. The summed E-state index contributed by atoms with van der Waals surface area (Å²) >= 11 is 0.115. The van der Waals surface area contributed by atoms with E-state index in [1.165, 1.54) is 15.5 Å². The summed E-state index contributed by atoms with van der Waals surface area (Å²) in [7, 11) is -3.68. The minimum Gasteiger partial charge on any atom is -0.387 e. The van der Waals surface area contributed by atoms with Crippen molar-refractivity contribution in [2.24, 2.45) is 7.05 Å². The van der Waals surface area contributed by atoms with E-state index in [-0.39, 0.29) is 28.5 Å². The van der Waals surface area contributed by atoms with Gasteiger partial charge >= 0.3 is 20.3 Å². The third kappa shape index (κ3) is 4.72. The van der Waals surface area contributed by atoms with Gasteiger partial charge in [-0.3, -0.25) is 14.3 Å². The Bertz CT molecular complexity index is 1080. The molecule has 2 aromatic heterocycles. The van der Waals surface area contributed by atoms with Crippen molar-refractivity contribution in [3.8, 4) is 0 Å². The Labute approximate surface area is 165 Å². The number of nitrogens with zero attached hydrogens (tertiary/aromatic N) is 3. The zero-order chi connectivity index (χ0) is 21.7. The molecule has 1 aliphatic rings. The van der Waals surface area contributed by atoms with Crippen molar-refractivity contribution < 1.29 is 47.6 Å². The zero-order valence-electron chi connectivity index (χ0n) is 14.6. The van der Waals surface area contributed by atoms with E-state index >= 15 is 0 Å². The van der Waals surface area contributed by atoms with Crippen molar-refractivity contribution in [3.05, 3.63) is 16.7 Å². The Morgan fingerprint density at radius 2 is 2.03 bits per heavy atom. The normalized spacial score (nSPS) is 27.4. The van der Waals surface area contributed by atoms with Crippen LogP contribution in [0.3, 0.4) is 0 Å². The molecule has 162 valence electrons. The number of nitrogens with one attached hydrogen (secondary N) is 1. The number of rotatable bonds is 6. The fraction of sp³-hybridized carbons (Fsp3) is 0.545. The largest absolute Gasteiger partial charge is 0.477 e. The number of hydrogen-bond donors (Lipinski definition) is 7.